The molecule has 1 saturated heterocycles. The molecule has 1 aliphatic rings. The van der Waals surface area contributed by atoms with Gasteiger partial charge in [0.2, 0.25) is 0 Å². The first kappa shape index (κ1) is 9.71. The van der Waals surface area contributed by atoms with E-state index in [0.29, 0.717) is 6.04 Å². The van der Waals surface area contributed by atoms with Crippen molar-refractivity contribution in [3.05, 3.63) is 22.4 Å². The van der Waals surface area contributed by atoms with Crippen LogP contribution in [0.1, 0.15) is 35.9 Å². The maximum atomic E-state index is 12.0. The number of carbonyl (C=O) groups is 1. The molecule has 3 heteroatoms. The van der Waals surface area contributed by atoms with Crippen LogP contribution in [-0.4, -0.2) is 23.4 Å². The van der Waals surface area contributed by atoms with Gasteiger partial charge in [-0.3, -0.25) is 4.79 Å². The first-order valence-corrected chi connectivity index (χ1v) is 6.01. The Labute approximate surface area is 88.5 Å². The van der Waals surface area contributed by atoms with E-state index in [0.717, 1.165) is 24.3 Å². The van der Waals surface area contributed by atoms with Gasteiger partial charge in [0.1, 0.15) is 0 Å². The van der Waals surface area contributed by atoms with Crippen molar-refractivity contribution in [3.8, 4) is 0 Å². The number of amides is 1. The van der Waals surface area contributed by atoms with Crippen molar-refractivity contribution in [1.29, 1.82) is 0 Å². The number of likely N-dealkylation sites (tertiary alicyclic amines) is 1. The Morgan fingerprint density at radius 3 is 3.07 bits per heavy atom. The molecule has 0 radical (unpaired) electrons. The Hall–Kier alpha value is -0.830. The summed E-state index contributed by atoms with van der Waals surface area (Å²) >= 11 is 1.54. The number of hydrogen-bond donors (Lipinski definition) is 0. The molecule has 76 valence electrons. The molecule has 0 N–H and O–H groups in total. The molecule has 1 fully saturated rings. The third-order valence-electron chi connectivity index (χ3n) is 2.80. The zero-order chi connectivity index (χ0) is 9.97. The smallest absolute Gasteiger partial charge is 0.264 e. The second-order valence-electron chi connectivity index (χ2n) is 3.82. The Morgan fingerprint density at radius 1 is 1.57 bits per heavy atom. The van der Waals surface area contributed by atoms with Crippen LogP contribution < -0.4 is 0 Å². The van der Waals surface area contributed by atoms with Crippen molar-refractivity contribution in [1.82, 2.24) is 4.90 Å². The molecular weight excluding hydrogens is 194 g/mol. The predicted molar refractivity (Wildman–Crippen MR) is 58.7 cm³/mol. The number of nitrogens with zero attached hydrogens (tertiary/aromatic N) is 1. The van der Waals surface area contributed by atoms with Gasteiger partial charge in [0.05, 0.1) is 4.88 Å². The number of piperidine rings is 1. The lowest BCUT2D eigenvalue weighted by molar-refractivity contribution is 0.0640. The average Bonchev–Trinajstić information content (AvgIpc) is 2.70. The van der Waals surface area contributed by atoms with Gasteiger partial charge in [0.15, 0.2) is 0 Å². The minimum atomic E-state index is 0.215. The molecule has 1 amide bonds. The van der Waals surface area contributed by atoms with Gasteiger partial charge in [-0.2, -0.15) is 0 Å². The quantitative estimate of drug-likeness (QED) is 0.696. The molecule has 0 aliphatic carbocycles. The molecule has 2 rings (SSSR count). The zero-order valence-corrected chi connectivity index (χ0v) is 9.22. The Morgan fingerprint density at radius 2 is 2.43 bits per heavy atom. The molecule has 0 bridgehead atoms. The predicted octanol–water partition coefficient (Wildman–Crippen LogP) is 2.76. The third kappa shape index (κ3) is 1.82. The first-order valence-electron chi connectivity index (χ1n) is 5.13. The summed E-state index contributed by atoms with van der Waals surface area (Å²) in [6, 6.07) is 4.26. The van der Waals surface area contributed by atoms with E-state index >= 15 is 0 Å². The van der Waals surface area contributed by atoms with Crippen molar-refractivity contribution >= 4 is 17.2 Å². The van der Waals surface area contributed by atoms with Crippen LogP contribution in [0.3, 0.4) is 0 Å². The molecule has 14 heavy (non-hydrogen) atoms. The van der Waals surface area contributed by atoms with Gasteiger partial charge in [-0.25, -0.2) is 0 Å². The molecular formula is C11H15NOS. The maximum Gasteiger partial charge on any atom is 0.264 e. The van der Waals surface area contributed by atoms with Crippen LogP contribution in [0, 0.1) is 0 Å². The highest BCUT2D eigenvalue weighted by Gasteiger charge is 2.24. The van der Waals surface area contributed by atoms with E-state index < -0.39 is 0 Å². The Bertz CT molecular complexity index is 307. The van der Waals surface area contributed by atoms with Gasteiger partial charge in [0, 0.05) is 12.6 Å². The van der Waals surface area contributed by atoms with Crippen molar-refractivity contribution < 1.29 is 4.79 Å². The minimum absolute atomic E-state index is 0.215. The molecule has 1 unspecified atom stereocenters. The SMILES string of the molecule is CC1CCCCN1C(=O)c1cccs1. The number of thiophene rings is 1. The van der Waals surface area contributed by atoms with Crippen LogP contribution in [0.2, 0.25) is 0 Å². The van der Waals surface area contributed by atoms with E-state index in [1.54, 1.807) is 0 Å². The second kappa shape index (κ2) is 4.13. The number of carbonyl (C=O) groups excluding carboxylic acids is 1. The largest absolute Gasteiger partial charge is 0.335 e. The molecule has 2 nitrogen and oxygen atoms in total. The lowest BCUT2D eigenvalue weighted by Crippen LogP contribution is -2.41. The fraction of sp³-hybridized carbons (Fsp3) is 0.545. The third-order valence-corrected chi connectivity index (χ3v) is 3.65. The summed E-state index contributed by atoms with van der Waals surface area (Å²) < 4.78 is 0. The van der Waals surface area contributed by atoms with Crippen LogP contribution in [0.15, 0.2) is 17.5 Å². The Balaban J connectivity index is 2.10. The molecule has 1 atom stereocenters. The Kier molecular flexibility index (Phi) is 2.87. The van der Waals surface area contributed by atoms with Gasteiger partial charge in [-0.15, -0.1) is 11.3 Å². The lowest BCUT2D eigenvalue weighted by Gasteiger charge is -2.33. The highest BCUT2D eigenvalue weighted by molar-refractivity contribution is 7.12. The molecule has 1 aromatic rings. The molecule has 1 aromatic heterocycles. The standard InChI is InChI=1S/C11H15NOS/c1-9-5-2-3-7-12(9)11(13)10-6-4-8-14-10/h4,6,8-9H,2-3,5,7H2,1H3. The fourth-order valence-electron chi connectivity index (χ4n) is 1.94. The van der Waals surface area contributed by atoms with Crippen LogP contribution in [0.25, 0.3) is 0 Å². The van der Waals surface area contributed by atoms with E-state index in [1.807, 2.05) is 22.4 Å². The van der Waals surface area contributed by atoms with Crippen molar-refractivity contribution in [2.75, 3.05) is 6.54 Å². The molecule has 2 heterocycles. The van der Waals surface area contributed by atoms with E-state index in [9.17, 15) is 4.79 Å². The van der Waals surface area contributed by atoms with Gasteiger partial charge in [0.25, 0.3) is 5.91 Å². The van der Waals surface area contributed by atoms with E-state index in [2.05, 4.69) is 6.92 Å². The highest BCUT2D eigenvalue weighted by Crippen LogP contribution is 2.20. The summed E-state index contributed by atoms with van der Waals surface area (Å²) in [5.74, 6) is 0.215. The highest BCUT2D eigenvalue weighted by atomic mass is 32.1. The normalized spacial score (nSPS) is 22.4. The van der Waals surface area contributed by atoms with Gasteiger partial charge >= 0.3 is 0 Å². The fourth-order valence-corrected chi connectivity index (χ4v) is 2.62. The second-order valence-corrected chi connectivity index (χ2v) is 4.77. The summed E-state index contributed by atoms with van der Waals surface area (Å²) in [6.07, 6.45) is 3.56. The first-order chi connectivity index (χ1) is 6.79. The molecule has 1 aliphatic heterocycles. The van der Waals surface area contributed by atoms with Crippen LogP contribution in [0.4, 0.5) is 0 Å². The zero-order valence-electron chi connectivity index (χ0n) is 8.40. The molecule has 0 saturated carbocycles. The van der Waals surface area contributed by atoms with E-state index in [1.165, 1.54) is 17.8 Å². The topological polar surface area (TPSA) is 20.3 Å². The summed E-state index contributed by atoms with van der Waals surface area (Å²) in [7, 11) is 0. The lowest BCUT2D eigenvalue weighted by atomic mass is 10.0. The van der Waals surface area contributed by atoms with E-state index in [4.69, 9.17) is 0 Å². The molecule has 0 aromatic carbocycles. The average molecular weight is 209 g/mol. The minimum Gasteiger partial charge on any atom is -0.335 e. The number of rotatable bonds is 1. The molecule has 0 spiro atoms. The summed E-state index contributed by atoms with van der Waals surface area (Å²) in [5.41, 5.74) is 0. The van der Waals surface area contributed by atoms with Crippen LogP contribution in [-0.2, 0) is 0 Å². The van der Waals surface area contributed by atoms with Gasteiger partial charge in [-0.1, -0.05) is 6.07 Å². The van der Waals surface area contributed by atoms with E-state index in [-0.39, 0.29) is 5.91 Å². The maximum absolute atomic E-state index is 12.0. The summed E-state index contributed by atoms with van der Waals surface area (Å²) in [6.45, 7) is 3.07. The van der Waals surface area contributed by atoms with Crippen LogP contribution >= 0.6 is 11.3 Å². The van der Waals surface area contributed by atoms with Crippen LogP contribution in [0.5, 0.6) is 0 Å². The van der Waals surface area contributed by atoms with Crippen molar-refractivity contribution in [2.45, 2.75) is 32.2 Å². The van der Waals surface area contributed by atoms with Gasteiger partial charge < -0.3 is 4.90 Å². The van der Waals surface area contributed by atoms with Crippen molar-refractivity contribution in [3.63, 3.8) is 0 Å². The summed E-state index contributed by atoms with van der Waals surface area (Å²) in [4.78, 5) is 14.9. The monoisotopic (exact) mass is 209 g/mol. The van der Waals surface area contributed by atoms with Gasteiger partial charge in [-0.05, 0) is 37.6 Å². The number of hydrogen-bond acceptors (Lipinski definition) is 2. The van der Waals surface area contributed by atoms with Crippen molar-refractivity contribution in [2.24, 2.45) is 0 Å². The summed E-state index contributed by atoms with van der Waals surface area (Å²) in [5, 5.41) is 1.96.